The van der Waals surface area contributed by atoms with Crippen LogP contribution in [0.3, 0.4) is 0 Å². The average Bonchev–Trinajstić information content (AvgIpc) is 2.44. The quantitative estimate of drug-likeness (QED) is 0.891. The van der Waals surface area contributed by atoms with Gasteiger partial charge in [0.05, 0.1) is 0 Å². The highest BCUT2D eigenvalue weighted by atomic mass is 35.5. The van der Waals surface area contributed by atoms with Gasteiger partial charge in [-0.1, -0.05) is 17.7 Å². The molecule has 1 unspecified atom stereocenters. The van der Waals surface area contributed by atoms with Crippen molar-refractivity contribution in [2.75, 3.05) is 12.8 Å². The second-order valence-corrected chi connectivity index (χ2v) is 5.08. The predicted octanol–water partition coefficient (Wildman–Crippen LogP) is 2.83. The van der Waals surface area contributed by atoms with Crippen LogP contribution in [-0.2, 0) is 12.8 Å². The summed E-state index contributed by atoms with van der Waals surface area (Å²) < 4.78 is 13.8. The van der Waals surface area contributed by atoms with Crippen molar-refractivity contribution in [1.82, 2.24) is 10.3 Å². The largest absolute Gasteiger partial charge is 0.398 e. The van der Waals surface area contributed by atoms with Crippen LogP contribution in [0.15, 0.2) is 36.7 Å². The van der Waals surface area contributed by atoms with Gasteiger partial charge in [0, 0.05) is 34.7 Å². The smallest absolute Gasteiger partial charge is 0.127 e. The molecule has 0 radical (unpaired) electrons. The van der Waals surface area contributed by atoms with Crippen molar-refractivity contribution in [3.8, 4) is 0 Å². The molecule has 0 spiro atoms. The number of pyridine rings is 1. The lowest BCUT2D eigenvalue weighted by Crippen LogP contribution is -2.30. The van der Waals surface area contributed by atoms with E-state index in [0.29, 0.717) is 29.1 Å². The van der Waals surface area contributed by atoms with E-state index in [-0.39, 0.29) is 11.9 Å². The molecular weight excluding hydrogens is 277 g/mol. The number of hydrogen-bond donors (Lipinski definition) is 2. The number of nitrogens with one attached hydrogen (secondary N) is 1. The summed E-state index contributed by atoms with van der Waals surface area (Å²) in [6, 6.07) is 6.53. The van der Waals surface area contributed by atoms with Crippen LogP contribution in [0.1, 0.15) is 11.1 Å². The Hall–Kier alpha value is -1.65. The Morgan fingerprint density at radius 2 is 2.15 bits per heavy atom. The van der Waals surface area contributed by atoms with Crippen molar-refractivity contribution in [3.63, 3.8) is 0 Å². The minimum Gasteiger partial charge on any atom is -0.398 e. The molecule has 3 nitrogen and oxygen atoms in total. The molecule has 0 amide bonds. The fourth-order valence-electron chi connectivity index (χ4n) is 2.12. The third-order valence-corrected chi connectivity index (χ3v) is 3.68. The van der Waals surface area contributed by atoms with E-state index in [4.69, 9.17) is 17.3 Å². The first-order chi connectivity index (χ1) is 9.61. The Morgan fingerprint density at radius 1 is 1.35 bits per heavy atom. The highest BCUT2D eigenvalue weighted by molar-refractivity contribution is 6.31. The molecule has 1 atom stereocenters. The molecule has 0 bridgehead atoms. The molecule has 2 rings (SSSR count). The summed E-state index contributed by atoms with van der Waals surface area (Å²) in [4.78, 5) is 4.07. The maximum atomic E-state index is 13.8. The lowest BCUT2D eigenvalue weighted by atomic mass is 9.99. The maximum absolute atomic E-state index is 13.8. The second-order valence-electron chi connectivity index (χ2n) is 4.67. The van der Waals surface area contributed by atoms with Crippen LogP contribution < -0.4 is 11.1 Å². The van der Waals surface area contributed by atoms with Gasteiger partial charge in [-0.2, -0.15) is 0 Å². The molecule has 1 aromatic heterocycles. The number of nitrogens with zero attached hydrogens (tertiary/aromatic N) is 1. The standard InChI is InChI=1S/C15H17ClFN3/c1-19-11(7-10-9-20-6-5-15(10)18)8-12-13(16)3-2-4-14(12)17/h2-6,9,11,19H,7-8H2,1H3,(H2,18,20). The Labute approximate surface area is 123 Å². The number of rotatable bonds is 5. The molecule has 20 heavy (non-hydrogen) atoms. The Morgan fingerprint density at radius 3 is 2.80 bits per heavy atom. The van der Waals surface area contributed by atoms with Gasteiger partial charge in [0.15, 0.2) is 0 Å². The van der Waals surface area contributed by atoms with Gasteiger partial charge in [-0.25, -0.2) is 4.39 Å². The molecule has 0 aliphatic heterocycles. The van der Waals surface area contributed by atoms with E-state index in [1.54, 1.807) is 30.6 Å². The Bertz CT molecular complexity index is 569. The van der Waals surface area contributed by atoms with Crippen LogP contribution in [-0.4, -0.2) is 18.1 Å². The van der Waals surface area contributed by atoms with E-state index in [0.717, 1.165) is 5.56 Å². The second kappa shape index (κ2) is 6.68. The highest BCUT2D eigenvalue weighted by Crippen LogP contribution is 2.22. The van der Waals surface area contributed by atoms with Gasteiger partial charge >= 0.3 is 0 Å². The van der Waals surface area contributed by atoms with E-state index in [9.17, 15) is 4.39 Å². The molecule has 2 aromatic rings. The van der Waals surface area contributed by atoms with E-state index in [1.807, 2.05) is 7.05 Å². The minimum absolute atomic E-state index is 0.0379. The molecular formula is C15H17ClFN3. The van der Waals surface area contributed by atoms with Crippen LogP contribution >= 0.6 is 11.6 Å². The lowest BCUT2D eigenvalue weighted by Gasteiger charge is -2.18. The van der Waals surface area contributed by atoms with E-state index >= 15 is 0 Å². The van der Waals surface area contributed by atoms with Gasteiger partial charge in [-0.15, -0.1) is 0 Å². The summed E-state index contributed by atoms with van der Waals surface area (Å²) in [6.07, 6.45) is 4.56. The molecule has 5 heteroatoms. The predicted molar refractivity (Wildman–Crippen MR) is 80.3 cm³/mol. The molecule has 106 valence electrons. The summed E-state index contributed by atoms with van der Waals surface area (Å²) >= 11 is 6.06. The van der Waals surface area contributed by atoms with Gasteiger partial charge in [0.1, 0.15) is 5.82 Å². The molecule has 0 saturated carbocycles. The van der Waals surface area contributed by atoms with E-state index in [2.05, 4.69) is 10.3 Å². The lowest BCUT2D eigenvalue weighted by molar-refractivity contribution is 0.532. The number of nitrogen functional groups attached to an aromatic ring is 1. The van der Waals surface area contributed by atoms with Gasteiger partial charge in [0.25, 0.3) is 0 Å². The fourth-order valence-corrected chi connectivity index (χ4v) is 2.36. The third-order valence-electron chi connectivity index (χ3n) is 3.33. The van der Waals surface area contributed by atoms with Crippen molar-refractivity contribution < 1.29 is 4.39 Å². The minimum atomic E-state index is -0.281. The highest BCUT2D eigenvalue weighted by Gasteiger charge is 2.15. The zero-order valence-electron chi connectivity index (χ0n) is 11.2. The Balaban J connectivity index is 2.16. The van der Waals surface area contributed by atoms with Crippen LogP contribution in [0, 0.1) is 5.82 Å². The average molecular weight is 294 g/mol. The molecule has 3 N–H and O–H groups in total. The number of likely N-dealkylation sites (N-methyl/N-ethyl adjacent to an activating group) is 1. The van der Waals surface area contributed by atoms with Crippen LogP contribution in [0.4, 0.5) is 10.1 Å². The summed E-state index contributed by atoms with van der Waals surface area (Å²) in [5.41, 5.74) is 8.07. The third kappa shape index (κ3) is 3.46. The maximum Gasteiger partial charge on any atom is 0.127 e. The van der Waals surface area contributed by atoms with Gasteiger partial charge < -0.3 is 11.1 Å². The molecule has 0 aliphatic carbocycles. The van der Waals surface area contributed by atoms with Gasteiger partial charge in [-0.3, -0.25) is 4.98 Å². The van der Waals surface area contributed by atoms with Crippen molar-refractivity contribution in [3.05, 3.63) is 58.6 Å². The number of anilines is 1. The first kappa shape index (κ1) is 14.8. The van der Waals surface area contributed by atoms with Crippen molar-refractivity contribution in [2.45, 2.75) is 18.9 Å². The molecule has 1 aromatic carbocycles. The normalized spacial score (nSPS) is 12.3. The zero-order chi connectivity index (χ0) is 14.5. The first-order valence-electron chi connectivity index (χ1n) is 6.40. The van der Waals surface area contributed by atoms with Gasteiger partial charge in [-0.05, 0) is 43.7 Å². The number of halogens is 2. The fraction of sp³-hybridized carbons (Fsp3) is 0.267. The number of benzene rings is 1. The van der Waals surface area contributed by atoms with Crippen LogP contribution in [0.2, 0.25) is 5.02 Å². The molecule has 0 fully saturated rings. The molecule has 1 heterocycles. The van der Waals surface area contributed by atoms with Crippen LogP contribution in [0.5, 0.6) is 0 Å². The molecule has 0 saturated heterocycles. The van der Waals surface area contributed by atoms with Crippen molar-refractivity contribution in [1.29, 1.82) is 0 Å². The number of aromatic nitrogens is 1. The summed E-state index contributed by atoms with van der Waals surface area (Å²) in [5, 5.41) is 3.62. The topological polar surface area (TPSA) is 50.9 Å². The van der Waals surface area contributed by atoms with Crippen molar-refractivity contribution >= 4 is 17.3 Å². The monoisotopic (exact) mass is 293 g/mol. The summed E-state index contributed by atoms with van der Waals surface area (Å²) in [6.45, 7) is 0. The summed E-state index contributed by atoms with van der Waals surface area (Å²) in [7, 11) is 1.84. The first-order valence-corrected chi connectivity index (χ1v) is 6.78. The van der Waals surface area contributed by atoms with E-state index in [1.165, 1.54) is 6.07 Å². The molecule has 0 aliphatic rings. The Kier molecular flexibility index (Phi) is 4.93. The van der Waals surface area contributed by atoms with Crippen LogP contribution in [0.25, 0.3) is 0 Å². The van der Waals surface area contributed by atoms with E-state index < -0.39 is 0 Å². The zero-order valence-corrected chi connectivity index (χ0v) is 12.0. The summed E-state index contributed by atoms with van der Waals surface area (Å²) in [5.74, 6) is -0.281. The van der Waals surface area contributed by atoms with Crippen molar-refractivity contribution in [2.24, 2.45) is 0 Å². The number of nitrogens with two attached hydrogens (primary N) is 1. The van der Waals surface area contributed by atoms with Gasteiger partial charge in [0.2, 0.25) is 0 Å². The number of hydrogen-bond acceptors (Lipinski definition) is 3. The SMILES string of the molecule is CNC(Cc1cnccc1N)Cc1c(F)cccc1Cl.